The van der Waals surface area contributed by atoms with Crippen molar-refractivity contribution in [1.29, 1.82) is 0 Å². The average molecular weight is 165 g/mol. The van der Waals surface area contributed by atoms with Crippen LogP contribution in [0, 0.1) is 5.41 Å². The molecule has 0 aliphatic heterocycles. The Bertz CT molecular complexity index is 210. The summed E-state index contributed by atoms with van der Waals surface area (Å²) in [6, 6.07) is 0. The lowest BCUT2D eigenvalue weighted by molar-refractivity contribution is 0.512. The molecule has 0 N–H and O–H groups in total. The Labute approximate surface area is 75.9 Å². The third-order valence-corrected chi connectivity index (χ3v) is 1.69. The van der Waals surface area contributed by atoms with Crippen LogP contribution in [-0.2, 0) is 0 Å². The van der Waals surface area contributed by atoms with Crippen LogP contribution in [0.4, 0.5) is 0 Å². The molecule has 0 amide bonds. The summed E-state index contributed by atoms with van der Waals surface area (Å²) in [5.41, 5.74) is 2.86. The molecule has 0 spiro atoms. The molecule has 68 valence electrons. The summed E-state index contributed by atoms with van der Waals surface area (Å²) in [5, 5.41) is 0. The number of rotatable bonds is 2. The minimum Gasteiger partial charge on any atom is -0.273 e. The van der Waals surface area contributed by atoms with E-state index in [-0.39, 0.29) is 5.41 Å². The van der Waals surface area contributed by atoms with Gasteiger partial charge >= 0.3 is 0 Å². The maximum Gasteiger partial charge on any atom is 0.0263 e. The monoisotopic (exact) mass is 165 g/mol. The highest BCUT2D eigenvalue weighted by Crippen LogP contribution is 2.28. The van der Waals surface area contributed by atoms with Crippen molar-refractivity contribution < 1.29 is 0 Å². The van der Waals surface area contributed by atoms with Crippen molar-refractivity contribution in [2.24, 2.45) is 10.4 Å². The second-order valence-corrected chi connectivity index (χ2v) is 4.16. The summed E-state index contributed by atoms with van der Waals surface area (Å²) >= 11 is 0. The molecule has 1 heteroatoms. The average Bonchev–Trinajstić information content (AvgIpc) is 1.84. The van der Waals surface area contributed by atoms with E-state index in [2.05, 4.69) is 46.3 Å². The lowest BCUT2D eigenvalue weighted by Gasteiger charge is -2.21. The second-order valence-electron chi connectivity index (χ2n) is 4.16. The van der Waals surface area contributed by atoms with Gasteiger partial charge in [0.2, 0.25) is 0 Å². The number of aliphatic imine (C=N–C) groups is 1. The number of allylic oxidation sites excluding steroid dienone is 3. The molecule has 1 nitrogen and oxygen atoms in total. The third-order valence-electron chi connectivity index (χ3n) is 1.69. The Hall–Kier alpha value is -0.850. The molecule has 0 heterocycles. The van der Waals surface area contributed by atoms with Crippen LogP contribution < -0.4 is 0 Å². The van der Waals surface area contributed by atoms with Gasteiger partial charge in [-0.25, -0.2) is 0 Å². The highest BCUT2D eigenvalue weighted by atomic mass is 14.6. The minimum atomic E-state index is 0.194. The van der Waals surface area contributed by atoms with E-state index >= 15 is 0 Å². The van der Waals surface area contributed by atoms with Crippen LogP contribution in [0.5, 0.6) is 0 Å². The van der Waals surface area contributed by atoms with Crippen molar-refractivity contribution in [2.75, 3.05) is 0 Å². The van der Waals surface area contributed by atoms with Crippen molar-refractivity contribution in [3.05, 3.63) is 23.4 Å². The highest BCUT2D eigenvalue weighted by molar-refractivity contribution is 5.31. The summed E-state index contributed by atoms with van der Waals surface area (Å²) in [6.07, 6.45) is 3.77. The van der Waals surface area contributed by atoms with E-state index in [1.54, 1.807) is 6.20 Å². The molecule has 0 rings (SSSR count). The minimum absolute atomic E-state index is 0.194. The normalized spacial score (nSPS) is 11.8. The molecular formula is C11H19N. The first kappa shape index (κ1) is 11.2. The Morgan fingerprint density at radius 2 is 1.75 bits per heavy atom. The molecule has 0 aliphatic rings. The third kappa shape index (κ3) is 3.51. The molecule has 0 aromatic rings. The van der Waals surface area contributed by atoms with Crippen LogP contribution in [0.15, 0.2) is 28.4 Å². The van der Waals surface area contributed by atoms with E-state index in [9.17, 15) is 0 Å². The van der Waals surface area contributed by atoms with Crippen molar-refractivity contribution in [1.82, 2.24) is 0 Å². The number of hydrogen-bond donors (Lipinski definition) is 0. The van der Waals surface area contributed by atoms with E-state index in [1.165, 1.54) is 11.1 Å². The van der Waals surface area contributed by atoms with Crippen LogP contribution >= 0.6 is 0 Å². The quantitative estimate of drug-likeness (QED) is 0.438. The predicted octanol–water partition coefficient (Wildman–Crippen LogP) is 3.58. The van der Waals surface area contributed by atoms with Gasteiger partial charge in [-0.3, -0.25) is 4.99 Å². The van der Waals surface area contributed by atoms with Gasteiger partial charge < -0.3 is 0 Å². The van der Waals surface area contributed by atoms with Gasteiger partial charge in [-0.2, -0.15) is 0 Å². The van der Waals surface area contributed by atoms with Gasteiger partial charge in [0.15, 0.2) is 0 Å². The van der Waals surface area contributed by atoms with Crippen LogP contribution in [0.1, 0.15) is 34.6 Å². The highest BCUT2D eigenvalue weighted by Gasteiger charge is 2.15. The first-order valence-corrected chi connectivity index (χ1v) is 4.20. The predicted molar refractivity (Wildman–Crippen MR) is 56.5 cm³/mol. The number of nitrogens with zero attached hydrogens (tertiary/aromatic N) is 1. The second kappa shape index (κ2) is 4.24. The molecule has 0 saturated heterocycles. The Kier molecular flexibility index (Phi) is 3.94. The van der Waals surface area contributed by atoms with Gasteiger partial charge in [-0.05, 0) is 37.6 Å². The van der Waals surface area contributed by atoms with Crippen LogP contribution in [0.3, 0.4) is 0 Å². The molecule has 0 aliphatic carbocycles. The summed E-state index contributed by atoms with van der Waals surface area (Å²) in [7, 11) is 0. The van der Waals surface area contributed by atoms with Gasteiger partial charge in [0, 0.05) is 6.20 Å². The molecule has 12 heavy (non-hydrogen) atoms. The van der Waals surface area contributed by atoms with E-state index < -0.39 is 0 Å². The lowest BCUT2D eigenvalue weighted by Crippen LogP contribution is -2.08. The van der Waals surface area contributed by atoms with Gasteiger partial charge in [0.25, 0.3) is 0 Å². The van der Waals surface area contributed by atoms with Crippen molar-refractivity contribution in [3.8, 4) is 0 Å². The van der Waals surface area contributed by atoms with Crippen LogP contribution in [-0.4, -0.2) is 6.72 Å². The Morgan fingerprint density at radius 1 is 1.25 bits per heavy atom. The first-order chi connectivity index (χ1) is 5.39. The van der Waals surface area contributed by atoms with Crippen LogP contribution in [0.25, 0.3) is 0 Å². The Morgan fingerprint density at radius 3 is 2.00 bits per heavy atom. The zero-order chi connectivity index (χ0) is 9.78. The standard InChI is InChI=1S/C11H19N/c1-9(2)10(7-8-12-6)11(3,4)5/h7-8H,6H2,1-5H3/b8-7-. The first-order valence-electron chi connectivity index (χ1n) is 4.20. The molecule has 0 aromatic heterocycles. The maximum atomic E-state index is 3.71. The fraction of sp³-hybridized carbons (Fsp3) is 0.545. The molecule has 0 bridgehead atoms. The molecule has 0 atom stereocenters. The van der Waals surface area contributed by atoms with Crippen molar-refractivity contribution in [2.45, 2.75) is 34.6 Å². The summed E-state index contributed by atoms with van der Waals surface area (Å²) in [5.74, 6) is 0. The van der Waals surface area contributed by atoms with Gasteiger partial charge in [-0.1, -0.05) is 26.3 Å². The molecule has 0 aromatic carbocycles. The summed E-state index contributed by atoms with van der Waals surface area (Å²) < 4.78 is 0. The lowest BCUT2D eigenvalue weighted by atomic mass is 9.84. The SMILES string of the molecule is C=N/C=C\C(=C(C)C)C(C)(C)C. The van der Waals surface area contributed by atoms with Crippen molar-refractivity contribution in [3.63, 3.8) is 0 Å². The fourth-order valence-electron chi connectivity index (χ4n) is 1.29. The van der Waals surface area contributed by atoms with E-state index in [0.29, 0.717) is 0 Å². The van der Waals surface area contributed by atoms with Crippen LogP contribution in [0.2, 0.25) is 0 Å². The molecular weight excluding hydrogens is 146 g/mol. The molecule has 0 saturated carbocycles. The van der Waals surface area contributed by atoms with E-state index in [0.717, 1.165) is 0 Å². The summed E-state index contributed by atoms with van der Waals surface area (Å²) in [4.78, 5) is 3.71. The maximum absolute atomic E-state index is 3.71. The molecule has 0 radical (unpaired) electrons. The summed E-state index contributed by atoms with van der Waals surface area (Å²) in [6.45, 7) is 14.2. The topological polar surface area (TPSA) is 12.4 Å². The largest absolute Gasteiger partial charge is 0.273 e. The zero-order valence-electron chi connectivity index (χ0n) is 8.81. The van der Waals surface area contributed by atoms with E-state index in [4.69, 9.17) is 0 Å². The zero-order valence-corrected chi connectivity index (χ0v) is 8.81. The van der Waals surface area contributed by atoms with Gasteiger partial charge in [0.05, 0.1) is 0 Å². The smallest absolute Gasteiger partial charge is 0.0263 e. The molecule has 0 unspecified atom stereocenters. The van der Waals surface area contributed by atoms with E-state index in [1.807, 2.05) is 6.08 Å². The molecule has 0 fully saturated rings. The number of hydrogen-bond acceptors (Lipinski definition) is 1. The van der Waals surface area contributed by atoms with Gasteiger partial charge in [-0.15, -0.1) is 0 Å². The van der Waals surface area contributed by atoms with Crippen molar-refractivity contribution >= 4 is 6.72 Å². The Balaban J connectivity index is 4.84. The van der Waals surface area contributed by atoms with Gasteiger partial charge in [0.1, 0.15) is 0 Å². The fourth-order valence-corrected chi connectivity index (χ4v) is 1.29.